The van der Waals surface area contributed by atoms with Crippen LogP contribution in [0.25, 0.3) is 17.1 Å². The highest BCUT2D eigenvalue weighted by molar-refractivity contribution is 8.00. The lowest BCUT2D eigenvalue weighted by atomic mass is 10.1. The van der Waals surface area contributed by atoms with E-state index in [0.29, 0.717) is 10.6 Å². The normalized spacial score (nSPS) is 12.8. The lowest BCUT2D eigenvalue weighted by Crippen LogP contribution is -2.23. The number of carbonyl (C=O) groups is 1. The Labute approximate surface area is 167 Å². The molecule has 2 N–H and O–H groups in total. The van der Waals surface area contributed by atoms with Crippen LogP contribution in [0.2, 0.25) is 5.02 Å². The van der Waals surface area contributed by atoms with Crippen LogP contribution in [0.5, 0.6) is 0 Å². The summed E-state index contributed by atoms with van der Waals surface area (Å²) in [6.07, 6.45) is -4.59. The first-order valence-corrected chi connectivity index (χ1v) is 9.28. The molecule has 0 fully saturated rings. The van der Waals surface area contributed by atoms with Crippen molar-refractivity contribution in [1.29, 1.82) is 0 Å². The fourth-order valence-corrected chi connectivity index (χ4v) is 3.50. The smallest absolute Gasteiger partial charge is 0.369 e. The number of carbonyl (C=O) groups excluding carboxylic acids is 1. The zero-order chi connectivity index (χ0) is 20.5. The van der Waals surface area contributed by atoms with Gasteiger partial charge in [-0.05, 0) is 31.2 Å². The van der Waals surface area contributed by atoms with Crippen molar-refractivity contribution in [3.63, 3.8) is 0 Å². The molecule has 146 valence electrons. The maximum atomic E-state index is 13.6. The number of alkyl halides is 3. The number of rotatable bonds is 5. The van der Waals surface area contributed by atoms with Crippen LogP contribution in [0.1, 0.15) is 12.5 Å². The Balaban J connectivity index is 2.26. The summed E-state index contributed by atoms with van der Waals surface area (Å²) in [5.74, 6) is -0.452. The molecule has 0 saturated carbocycles. The number of nitrogens with zero attached hydrogens (tertiary/aromatic N) is 3. The van der Waals surface area contributed by atoms with E-state index >= 15 is 0 Å². The average molecular weight is 427 g/mol. The van der Waals surface area contributed by atoms with Crippen molar-refractivity contribution in [2.75, 3.05) is 0 Å². The van der Waals surface area contributed by atoms with Gasteiger partial charge in [-0.25, -0.2) is 0 Å². The largest absolute Gasteiger partial charge is 0.418 e. The molecule has 5 nitrogen and oxygen atoms in total. The second-order valence-electron chi connectivity index (χ2n) is 5.83. The molecule has 1 atom stereocenters. The van der Waals surface area contributed by atoms with Crippen LogP contribution in [0.4, 0.5) is 13.2 Å². The second-order valence-corrected chi connectivity index (χ2v) is 7.57. The zero-order valence-corrected chi connectivity index (χ0v) is 16.0. The molecule has 1 aromatic heterocycles. The summed E-state index contributed by atoms with van der Waals surface area (Å²) in [6.45, 7) is 1.54. The van der Waals surface area contributed by atoms with Gasteiger partial charge in [0.1, 0.15) is 0 Å². The highest BCUT2D eigenvalue weighted by Crippen LogP contribution is 2.38. The number of hydrogen-bond donors (Lipinski definition) is 1. The van der Waals surface area contributed by atoms with E-state index in [1.807, 2.05) is 0 Å². The molecule has 0 aliphatic heterocycles. The lowest BCUT2D eigenvalue weighted by Gasteiger charge is -2.17. The van der Waals surface area contributed by atoms with E-state index in [4.69, 9.17) is 17.3 Å². The number of hydrogen-bond acceptors (Lipinski definition) is 4. The molecule has 28 heavy (non-hydrogen) atoms. The SMILES string of the molecule is C[C@H](Sc1nnc(-c2cccc(Cl)c2)n1-c1ccccc1C(F)(F)F)C(N)=O. The van der Waals surface area contributed by atoms with Gasteiger partial charge in [0, 0.05) is 10.6 Å². The number of halogens is 4. The minimum absolute atomic E-state index is 0.109. The number of nitrogens with two attached hydrogens (primary N) is 1. The molecule has 0 bridgehead atoms. The van der Waals surface area contributed by atoms with Crippen molar-refractivity contribution in [2.45, 2.75) is 23.5 Å². The van der Waals surface area contributed by atoms with Crippen LogP contribution >= 0.6 is 23.4 Å². The van der Waals surface area contributed by atoms with Gasteiger partial charge in [-0.1, -0.05) is 47.6 Å². The van der Waals surface area contributed by atoms with Crippen molar-refractivity contribution >= 4 is 29.3 Å². The van der Waals surface area contributed by atoms with Crippen LogP contribution < -0.4 is 5.73 Å². The molecule has 0 radical (unpaired) electrons. The summed E-state index contributed by atoms with van der Waals surface area (Å²) in [5, 5.41) is 7.85. The molecular weight excluding hydrogens is 413 g/mol. The number of aromatic nitrogens is 3. The van der Waals surface area contributed by atoms with Crippen LogP contribution in [0.15, 0.2) is 53.7 Å². The van der Waals surface area contributed by atoms with Gasteiger partial charge in [-0.15, -0.1) is 10.2 Å². The minimum Gasteiger partial charge on any atom is -0.369 e. The van der Waals surface area contributed by atoms with Gasteiger partial charge in [0.2, 0.25) is 5.91 Å². The fraction of sp³-hybridized carbons (Fsp3) is 0.167. The van der Waals surface area contributed by atoms with Crippen molar-refractivity contribution in [1.82, 2.24) is 14.8 Å². The van der Waals surface area contributed by atoms with Gasteiger partial charge in [-0.3, -0.25) is 9.36 Å². The summed E-state index contributed by atoms with van der Waals surface area (Å²) in [6, 6.07) is 11.6. The third-order valence-corrected chi connectivity index (χ3v) is 5.15. The topological polar surface area (TPSA) is 73.8 Å². The summed E-state index contributed by atoms with van der Waals surface area (Å²) < 4.78 is 42.1. The molecule has 0 spiro atoms. The van der Waals surface area contributed by atoms with E-state index in [1.165, 1.54) is 22.8 Å². The number of benzene rings is 2. The van der Waals surface area contributed by atoms with Crippen LogP contribution in [-0.2, 0) is 11.0 Å². The van der Waals surface area contributed by atoms with Crippen LogP contribution in [-0.4, -0.2) is 25.9 Å². The predicted molar refractivity (Wildman–Crippen MR) is 101 cm³/mol. The molecule has 10 heteroatoms. The monoisotopic (exact) mass is 426 g/mol. The van der Waals surface area contributed by atoms with Crippen molar-refractivity contribution in [3.8, 4) is 17.1 Å². The van der Waals surface area contributed by atoms with Crippen molar-refractivity contribution in [2.24, 2.45) is 5.73 Å². The Kier molecular flexibility index (Phi) is 5.66. The highest BCUT2D eigenvalue weighted by atomic mass is 35.5. The number of amides is 1. The minimum atomic E-state index is -4.59. The second kappa shape index (κ2) is 7.84. The molecule has 0 saturated heterocycles. The third kappa shape index (κ3) is 4.15. The summed E-state index contributed by atoms with van der Waals surface area (Å²) in [7, 11) is 0. The molecule has 0 aliphatic carbocycles. The highest BCUT2D eigenvalue weighted by Gasteiger charge is 2.35. The number of thioether (sulfide) groups is 1. The van der Waals surface area contributed by atoms with Gasteiger partial charge in [0.15, 0.2) is 11.0 Å². The summed E-state index contributed by atoms with van der Waals surface area (Å²) in [4.78, 5) is 11.4. The quantitative estimate of drug-likeness (QED) is 0.606. The first-order chi connectivity index (χ1) is 13.2. The van der Waals surface area contributed by atoms with E-state index in [-0.39, 0.29) is 16.7 Å². The zero-order valence-electron chi connectivity index (χ0n) is 14.4. The van der Waals surface area contributed by atoms with Gasteiger partial charge in [-0.2, -0.15) is 13.2 Å². The lowest BCUT2D eigenvalue weighted by molar-refractivity contribution is -0.137. The average Bonchev–Trinajstić information content (AvgIpc) is 3.04. The van der Waals surface area contributed by atoms with Gasteiger partial charge < -0.3 is 5.73 Å². The molecule has 3 rings (SSSR count). The Bertz CT molecular complexity index is 1020. The Morgan fingerprint density at radius 3 is 2.54 bits per heavy atom. The molecule has 3 aromatic rings. The molecular formula is C18H14ClF3N4OS. The van der Waals surface area contributed by atoms with E-state index in [2.05, 4.69) is 10.2 Å². The predicted octanol–water partition coefficient (Wildman–Crippen LogP) is 4.57. The Hall–Kier alpha value is -2.52. The maximum absolute atomic E-state index is 13.6. The van der Waals surface area contributed by atoms with E-state index < -0.39 is 22.9 Å². The molecule has 1 amide bonds. The Morgan fingerprint density at radius 2 is 1.89 bits per heavy atom. The van der Waals surface area contributed by atoms with Crippen LogP contribution in [0.3, 0.4) is 0 Å². The first kappa shape index (κ1) is 20.2. The maximum Gasteiger partial charge on any atom is 0.418 e. The third-order valence-electron chi connectivity index (χ3n) is 3.85. The molecule has 0 unspecified atom stereocenters. The van der Waals surface area contributed by atoms with Crippen LogP contribution in [0, 0.1) is 0 Å². The van der Waals surface area contributed by atoms with Crippen molar-refractivity contribution < 1.29 is 18.0 Å². The van der Waals surface area contributed by atoms with E-state index in [0.717, 1.165) is 17.8 Å². The molecule has 2 aromatic carbocycles. The standard InChI is InChI=1S/C18H14ClF3N4OS/c1-10(15(23)27)28-17-25-24-16(11-5-4-6-12(19)9-11)26(17)14-8-3-2-7-13(14)18(20,21)22/h2-10H,1H3,(H2,23,27)/t10-/m0/s1. The molecule has 0 aliphatic rings. The van der Waals surface area contributed by atoms with Gasteiger partial charge in [0.25, 0.3) is 0 Å². The summed E-state index contributed by atoms with van der Waals surface area (Å²) in [5.41, 5.74) is 4.76. The summed E-state index contributed by atoms with van der Waals surface area (Å²) >= 11 is 6.95. The van der Waals surface area contributed by atoms with Gasteiger partial charge in [0.05, 0.1) is 16.5 Å². The number of primary amides is 1. The van der Waals surface area contributed by atoms with E-state index in [1.54, 1.807) is 31.2 Å². The number of para-hydroxylation sites is 1. The first-order valence-electron chi connectivity index (χ1n) is 8.02. The van der Waals surface area contributed by atoms with Crippen molar-refractivity contribution in [3.05, 3.63) is 59.1 Å². The fourth-order valence-electron chi connectivity index (χ4n) is 2.50. The molecule has 1 heterocycles. The van der Waals surface area contributed by atoms with E-state index in [9.17, 15) is 18.0 Å². The Morgan fingerprint density at radius 1 is 1.18 bits per heavy atom. The van der Waals surface area contributed by atoms with Gasteiger partial charge >= 0.3 is 6.18 Å².